The van der Waals surface area contributed by atoms with Crippen molar-refractivity contribution < 1.29 is 9.21 Å². The molecule has 0 fully saturated rings. The van der Waals surface area contributed by atoms with Gasteiger partial charge in [-0.05, 0) is 29.3 Å². The van der Waals surface area contributed by atoms with Crippen molar-refractivity contribution in [2.24, 2.45) is 0 Å². The van der Waals surface area contributed by atoms with Gasteiger partial charge in [0, 0.05) is 10.8 Å². The first-order valence-electron chi connectivity index (χ1n) is 10.7. The minimum absolute atomic E-state index is 0.0207. The maximum absolute atomic E-state index is 13.6. The summed E-state index contributed by atoms with van der Waals surface area (Å²) in [5.41, 5.74) is 2.26. The summed E-state index contributed by atoms with van der Waals surface area (Å²) in [5.74, 6) is 0.337. The van der Waals surface area contributed by atoms with Gasteiger partial charge in [-0.1, -0.05) is 95.4 Å². The second-order valence-corrected chi connectivity index (χ2v) is 10.5. The topological polar surface area (TPSA) is 76.3 Å². The molecule has 5 aromatic rings. The van der Waals surface area contributed by atoms with Gasteiger partial charge in [0.2, 0.25) is 10.9 Å². The molecule has 1 aliphatic heterocycles. The Hall–Kier alpha value is -3.46. The molecule has 0 bridgehead atoms. The predicted molar refractivity (Wildman–Crippen MR) is 139 cm³/mol. The fourth-order valence-electron chi connectivity index (χ4n) is 4.17. The number of benzene rings is 3. The van der Waals surface area contributed by atoms with Crippen molar-refractivity contribution in [2.75, 3.05) is 4.90 Å². The lowest BCUT2D eigenvalue weighted by Crippen LogP contribution is -2.29. The first kappa shape index (κ1) is 22.0. The number of hydrogen-bond acceptors (Lipinski definition) is 7. The van der Waals surface area contributed by atoms with E-state index in [9.17, 15) is 9.59 Å². The maximum atomic E-state index is 13.6. The fraction of sp³-hybridized carbons (Fsp3) is 0.0769. The van der Waals surface area contributed by atoms with Crippen LogP contribution in [0.15, 0.2) is 92.4 Å². The molecular formula is C26H16ClN3O3S2. The fourth-order valence-corrected chi connectivity index (χ4v) is 6.17. The van der Waals surface area contributed by atoms with Crippen LogP contribution in [0.2, 0.25) is 5.02 Å². The van der Waals surface area contributed by atoms with Crippen LogP contribution in [0.1, 0.15) is 33.3 Å². The summed E-state index contributed by atoms with van der Waals surface area (Å²) in [6, 6.07) is 23.6. The van der Waals surface area contributed by atoms with E-state index < -0.39 is 11.9 Å². The Kier molecular flexibility index (Phi) is 5.64. The van der Waals surface area contributed by atoms with Crippen LogP contribution in [0.5, 0.6) is 0 Å². The number of nitrogens with zero attached hydrogens (tertiary/aromatic N) is 3. The number of amides is 1. The van der Waals surface area contributed by atoms with E-state index in [1.807, 2.05) is 48.5 Å². The minimum Gasteiger partial charge on any atom is -0.450 e. The summed E-state index contributed by atoms with van der Waals surface area (Å²) in [4.78, 5) is 28.8. The van der Waals surface area contributed by atoms with E-state index >= 15 is 0 Å². The van der Waals surface area contributed by atoms with Crippen LogP contribution in [0.3, 0.4) is 0 Å². The Morgan fingerprint density at radius 3 is 2.49 bits per heavy atom. The normalized spacial score (nSPS) is 15.1. The van der Waals surface area contributed by atoms with Gasteiger partial charge in [0.05, 0.1) is 17.0 Å². The Morgan fingerprint density at radius 1 is 0.971 bits per heavy atom. The summed E-state index contributed by atoms with van der Waals surface area (Å²) in [7, 11) is 0. The number of anilines is 1. The molecule has 35 heavy (non-hydrogen) atoms. The van der Waals surface area contributed by atoms with E-state index in [-0.39, 0.29) is 16.8 Å². The Morgan fingerprint density at radius 2 is 1.71 bits per heavy atom. The molecule has 0 radical (unpaired) electrons. The minimum atomic E-state index is -0.682. The zero-order valence-electron chi connectivity index (χ0n) is 18.1. The molecule has 3 heterocycles. The van der Waals surface area contributed by atoms with Crippen LogP contribution < -0.4 is 10.3 Å². The molecule has 172 valence electrons. The smallest absolute Gasteiger partial charge is 0.297 e. The average Bonchev–Trinajstić information content (AvgIpc) is 3.47. The number of carbonyl (C=O) groups excluding carboxylic acids is 1. The molecule has 1 aliphatic rings. The number of carbonyl (C=O) groups is 1. The molecule has 0 saturated carbocycles. The Bertz CT molecular complexity index is 1620. The highest BCUT2D eigenvalue weighted by molar-refractivity contribution is 8.00. The van der Waals surface area contributed by atoms with Crippen LogP contribution in [0.25, 0.3) is 11.0 Å². The molecule has 0 saturated heterocycles. The number of aromatic nitrogens is 2. The van der Waals surface area contributed by atoms with Gasteiger partial charge < -0.3 is 4.42 Å². The van der Waals surface area contributed by atoms with Crippen molar-refractivity contribution in [3.63, 3.8) is 0 Å². The summed E-state index contributed by atoms with van der Waals surface area (Å²) in [5, 5.41) is 9.79. The first-order valence-corrected chi connectivity index (χ1v) is 12.9. The van der Waals surface area contributed by atoms with Crippen LogP contribution in [0.4, 0.5) is 5.13 Å². The van der Waals surface area contributed by atoms with Crippen LogP contribution >= 0.6 is 34.7 Å². The van der Waals surface area contributed by atoms with E-state index in [4.69, 9.17) is 16.0 Å². The lowest BCUT2D eigenvalue weighted by molar-refractivity contribution is 0.0970. The van der Waals surface area contributed by atoms with E-state index in [2.05, 4.69) is 22.3 Å². The molecule has 3 aromatic carbocycles. The molecule has 1 amide bonds. The second-order valence-electron chi connectivity index (χ2n) is 7.93. The third-order valence-electron chi connectivity index (χ3n) is 5.75. The number of rotatable bonds is 5. The lowest BCUT2D eigenvalue weighted by Gasteiger charge is -2.21. The number of halogens is 1. The number of thioether (sulfide) groups is 1. The number of hydrogen-bond donors (Lipinski definition) is 0. The molecular weight excluding hydrogens is 502 g/mol. The molecule has 1 atom stereocenters. The van der Waals surface area contributed by atoms with E-state index in [1.54, 1.807) is 30.0 Å². The molecule has 6 rings (SSSR count). The van der Waals surface area contributed by atoms with E-state index in [0.717, 1.165) is 15.7 Å². The van der Waals surface area contributed by atoms with Gasteiger partial charge in [0.1, 0.15) is 5.58 Å². The van der Waals surface area contributed by atoms with Crippen LogP contribution in [0, 0.1) is 0 Å². The summed E-state index contributed by atoms with van der Waals surface area (Å²) in [6.45, 7) is 0. The zero-order valence-corrected chi connectivity index (χ0v) is 20.4. The summed E-state index contributed by atoms with van der Waals surface area (Å²) < 4.78 is 6.70. The zero-order chi connectivity index (χ0) is 23.9. The van der Waals surface area contributed by atoms with Gasteiger partial charge in [-0.25, -0.2) is 0 Å². The van der Waals surface area contributed by atoms with E-state index in [1.165, 1.54) is 21.8 Å². The molecule has 0 spiro atoms. The van der Waals surface area contributed by atoms with Crippen molar-refractivity contribution in [1.29, 1.82) is 0 Å². The van der Waals surface area contributed by atoms with Gasteiger partial charge >= 0.3 is 0 Å². The Labute approximate surface area is 213 Å². The molecule has 9 heteroatoms. The molecule has 1 unspecified atom stereocenters. The van der Waals surface area contributed by atoms with Crippen molar-refractivity contribution in [3.8, 4) is 0 Å². The first-order chi connectivity index (χ1) is 17.1. The molecule has 2 aromatic heterocycles. The number of fused-ring (bicyclic) bond motifs is 2. The second kappa shape index (κ2) is 8.96. The highest BCUT2D eigenvalue weighted by Gasteiger charge is 2.45. The van der Waals surface area contributed by atoms with Crippen molar-refractivity contribution >= 4 is 56.7 Å². The van der Waals surface area contributed by atoms with Crippen LogP contribution in [-0.4, -0.2) is 16.1 Å². The monoisotopic (exact) mass is 517 g/mol. The van der Waals surface area contributed by atoms with Gasteiger partial charge in [0.15, 0.2) is 9.77 Å². The standard InChI is InChI=1S/C26H16ClN3O3S2/c27-17-11-12-19-18(13-17)22(31)20-21(16-9-5-2-6-10-16)30(24(32)23(20)33-19)25-28-29-26(35-25)34-14-15-7-3-1-4-8-15/h1-13,21H,14H2. The third-order valence-corrected chi connectivity index (χ3v) is 8.12. The van der Waals surface area contributed by atoms with Gasteiger partial charge in [-0.3, -0.25) is 14.5 Å². The van der Waals surface area contributed by atoms with Crippen molar-refractivity contribution in [1.82, 2.24) is 10.2 Å². The Balaban J connectivity index is 1.44. The van der Waals surface area contributed by atoms with Gasteiger partial charge in [-0.2, -0.15) is 0 Å². The average molecular weight is 518 g/mol. The molecule has 0 aliphatic carbocycles. The third kappa shape index (κ3) is 3.93. The van der Waals surface area contributed by atoms with Crippen molar-refractivity contribution in [2.45, 2.75) is 16.1 Å². The van der Waals surface area contributed by atoms with E-state index in [0.29, 0.717) is 21.1 Å². The summed E-state index contributed by atoms with van der Waals surface area (Å²) in [6.07, 6.45) is 0. The van der Waals surface area contributed by atoms with Gasteiger partial charge in [-0.15, -0.1) is 10.2 Å². The molecule has 6 nitrogen and oxygen atoms in total. The SMILES string of the molecule is O=C1c2oc3ccc(Cl)cc3c(=O)c2C(c2ccccc2)N1c1nnc(SCc2ccccc2)s1. The van der Waals surface area contributed by atoms with Crippen molar-refractivity contribution in [3.05, 3.63) is 117 Å². The predicted octanol–water partition coefficient (Wildman–Crippen LogP) is 6.34. The highest BCUT2D eigenvalue weighted by atomic mass is 35.5. The largest absolute Gasteiger partial charge is 0.450 e. The van der Waals surface area contributed by atoms with Crippen LogP contribution in [-0.2, 0) is 5.75 Å². The quantitative estimate of drug-likeness (QED) is 0.200. The maximum Gasteiger partial charge on any atom is 0.297 e. The van der Waals surface area contributed by atoms with Gasteiger partial charge in [0.25, 0.3) is 5.91 Å². The summed E-state index contributed by atoms with van der Waals surface area (Å²) >= 11 is 9.01. The lowest BCUT2D eigenvalue weighted by atomic mass is 9.99. The molecule has 0 N–H and O–H groups in total. The highest BCUT2D eigenvalue weighted by Crippen LogP contribution is 2.43.